The molecule has 1 aromatic rings. The fraction of sp³-hybridized carbons (Fsp3) is 0.533. The van der Waals surface area contributed by atoms with Gasteiger partial charge in [0.15, 0.2) is 0 Å². The third kappa shape index (κ3) is 1.74. The van der Waals surface area contributed by atoms with Gasteiger partial charge in [0.1, 0.15) is 18.1 Å². The number of para-hydroxylation sites is 1. The molecule has 0 bridgehead atoms. The van der Waals surface area contributed by atoms with Crippen molar-refractivity contribution in [1.29, 1.82) is 0 Å². The Morgan fingerprint density at radius 1 is 1.28 bits per heavy atom. The van der Waals surface area contributed by atoms with Gasteiger partial charge in [-0.3, -0.25) is 9.69 Å². The number of Topliss-reactive ketones (excluding diaryl/α,β-unsaturated/α-hetero) is 1. The number of nitrogens with zero attached hydrogens (tertiary/aromatic N) is 1. The molecule has 0 aromatic heterocycles. The maximum absolute atomic E-state index is 11.8. The average Bonchev–Trinajstić information content (AvgIpc) is 2.80. The minimum Gasteiger partial charge on any atom is -0.491 e. The molecule has 2 aliphatic rings. The van der Waals surface area contributed by atoms with E-state index in [2.05, 4.69) is 24.0 Å². The number of ether oxygens (including phenoxy) is 1. The number of likely N-dealkylation sites (tertiary alicyclic amines) is 1. The molecule has 3 heteroatoms. The van der Waals surface area contributed by atoms with Crippen LogP contribution in [-0.2, 0) is 4.79 Å². The Hall–Kier alpha value is -1.35. The van der Waals surface area contributed by atoms with E-state index in [1.54, 1.807) is 0 Å². The average molecular weight is 245 g/mol. The van der Waals surface area contributed by atoms with Gasteiger partial charge in [-0.2, -0.15) is 0 Å². The van der Waals surface area contributed by atoms with Gasteiger partial charge in [0.2, 0.25) is 0 Å². The Bertz CT molecular complexity index is 471. The van der Waals surface area contributed by atoms with E-state index in [0.717, 1.165) is 12.3 Å². The number of benzene rings is 1. The third-order valence-corrected chi connectivity index (χ3v) is 4.45. The maximum atomic E-state index is 11.8. The van der Waals surface area contributed by atoms with Crippen LogP contribution in [0.15, 0.2) is 24.3 Å². The van der Waals surface area contributed by atoms with Crippen molar-refractivity contribution in [2.75, 3.05) is 13.2 Å². The largest absolute Gasteiger partial charge is 0.491 e. The number of hydrogen-bond acceptors (Lipinski definition) is 3. The van der Waals surface area contributed by atoms with E-state index in [4.69, 9.17) is 4.74 Å². The van der Waals surface area contributed by atoms with Crippen LogP contribution < -0.4 is 4.74 Å². The van der Waals surface area contributed by atoms with Crippen LogP contribution in [0.4, 0.5) is 0 Å². The van der Waals surface area contributed by atoms with Crippen molar-refractivity contribution < 1.29 is 9.53 Å². The lowest BCUT2D eigenvalue weighted by atomic mass is 9.88. The number of ketones is 1. The Morgan fingerprint density at radius 2 is 2.06 bits per heavy atom. The van der Waals surface area contributed by atoms with E-state index < -0.39 is 0 Å². The van der Waals surface area contributed by atoms with Crippen LogP contribution in [0, 0.1) is 5.92 Å². The van der Waals surface area contributed by atoms with Gasteiger partial charge in [-0.05, 0) is 13.0 Å². The summed E-state index contributed by atoms with van der Waals surface area (Å²) in [5, 5.41) is 0. The topological polar surface area (TPSA) is 29.5 Å². The number of carbonyl (C=O) groups excluding carboxylic acids is 1. The van der Waals surface area contributed by atoms with Gasteiger partial charge in [0.25, 0.3) is 0 Å². The Labute approximate surface area is 108 Å². The van der Waals surface area contributed by atoms with Gasteiger partial charge in [-0.25, -0.2) is 0 Å². The van der Waals surface area contributed by atoms with Crippen molar-refractivity contribution in [3.8, 4) is 5.75 Å². The lowest BCUT2D eigenvalue weighted by molar-refractivity contribution is -0.129. The van der Waals surface area contributed by atoms with Crippen LogP contribution in [0.3, 0.4) is 0 Å². The number of hydrogen-bond donors (Lipinski definition) is 0. The highest BCUT2D eigenvalue weighted by Crippen LogP contribution is 2.39. The number of piperidine rings is 1. The van der Waals surface area contributed by atoms with E-state index in [0.29, 0.717) is 30.9 Å². The lowest BCUT2D eigenvalue weighted by Crippen LogP contribution is -2.48. The Morgan fingerprint density at radius 3 is 2.89 bits per heavy atom. The van der Waals surface area contributed by atoms with Crippen LogP contribution in [-0.4, -0.2) is 29.9 Å². The Balaban J connectivity index is 1.87. The SMILES string of the molecule is CC1C(=O)CCN(C2COc3ccccc32)C1C. The van der Waals surface area contributed by atoms with Crippen molar-refractivity contribution in [1.82, 2.24) is 4.90 Å². The van der Waals surface area contributed by atoms with Crippen molar-refractivity contribution in [3.63, 3.8) is 0 Å². The molecule has 1 aromatic carbocycles. The molecule has 3 nitrogen and oxygen atoms in total. The molecule has 0 aliphatic carbocycles. The summed E-state index contributed by atoms with van der Waals surface area (Å²) in [6.07, 6.45) is 0.671. The van der Waals surface area contributed by atoms with Crippen molar-refractivity contribution in [3.05, 3.63) is 29.8 Å². The summed E-state index contributed by atoms with van der Waals surface area (Å²) >= 11 is 0. The van der Waals surface area contributed by atoms with Crippen molar-refractivity contribution in [2.45, 2.75) is 32.4 Å². The summed E-state index contributed by atoms with van der Waals surface area (Å²) in [4.78, 5) is 14.2. The highest BCUT2D eigenvalue weighted by atomic mass is 16.5. The van der Waals surface area contributed by atoms with Gasteiger partial charge in [0.05, 0.1) is 6.04 Å². The highest BCUT2D eigenvalue weighted by Gasteiger charge is 2.38. The molecule has 0 spiro atoms. The fourth-order valence-electron chi connectivity index (χ4n) is 3.09. The van der Waals surface area contributed by atoms with Crippen molar-refractivity contribution >= 4 is 5.78 Å². The second-order valence-corrected chi connectivity index (χ2v) is 5.35. The molecular formula is C15H19NO2. The molecule has 3 atom stereocenters. The van der Waals surface area contributed by atoms with Crippen LogP contribution in [0.2, 0.25) is 0 Å². The molecule has 2 aliphatic heterocycles. The molecule has 0 N–H and O–H groups in total. The minimum atomic E-state index is 0.131. The minimum absolute atomic E-state index is 0.131. The van der Waals surface area contributed by atoms with Gasteiger partial charge >= 0.3 is 0 Å². The summed E-state index contributed by atoms with van der Waals surface area (Å²) in [5.41, 5.74) is 1.27. The molecule has 0 radical (unpaired) electrons. The monoisotopic (exact) mass is 245 g/mol. The summed E-state index contributed by atoms with van der Waals surface area (Å²) in [6, 6.07) is 8.84. The van der Waals surface area contributed by atoms with Crippen molar-refractivity contribution in [2.24, 2.45) is 5.92 Å². The first kappa shape index (κ1) is 11.7. The normalized spacial score (nSPS) is 32.1. The quantitative estimate of drug-likeness (QED) is 0.761. The number of fused-ring (bicyclic) bond motifs is 1. The van der Waals surface area contributed by atoms with E-state index in [9.17, 15) is 4.79 Å². The molecule has 1 saturated heterocycles. The first-order valence-corrected chi connectivity index (χ1v) is 6.68. The molecule has 0 amide bonds. The van der Waals surface area contributed by atoms with Gasteiger partial charge in [0, 0.05) is 30.5 Å². The Kier molecular flexibility index (Phi) is 2.86. The predicted octanol–water partition coefficient (Wildman–Crippen LogP) is 2.42. The van der Waals surface area contributed by atoms with E-state index in [1.165, 1.54) is 5.56 Å². The molecule has 96 valence electrons. The molecule has 3 unspecified atom stereocenters. The lowest BCUT2D eigenvalue weighted by Gasteiger charge is -2.40. The second-order valence-electron chi connectivity index (χ2n) is 5.35. The van der Waals surface area contributed by atoms with Crippen LogP contribution in [0.1, 0.15) is 31.9 Å². The highest BCUT2D eigenvalue weighted by molar-refractivity contribution is 5.82. The van der Waals surface area contributed by atoms with Gasteiger partial charge in [-0.15, -0.1) is 0 Å². The predicted molar refractivity (Wildman–Crippen MR) is 69.6 cm³/mol. The molecule has 3 rings (SSSR count). The van der Waals surface area contributed by atoms with E-state index >= 15 is 0 Å². The van der Waals surface area contributed by atoms with Crippen LogP contribution >= 0.6 is 0 Å². The fourth-order valence-corrected chi connectivity index (χ4v) is 3.09. The summed E-state index contributed by atoms with van der Waals surface area (Å²) in [6.45, 7) is 5.76. The van der Waals surface area contributed by atoms with Crippen LogP contribution in [0.25, 0.3) is 0 Å². The second kappa shape index (κ2) is 4.39. The molecule has 2 heterocycles. The number of carbonyl (C=O) groups is 1. The van der Waals surface area contributed by atoms with Gasteiger partial charge < -0.3 is 4.74 Å². The van der Waals surface area contributed by atoms with Gasteiger partial charge in [-0.1, -0.05) is 25.1 Å². The standard InChI is InChI=1S/C15H19NO2/c1-10-11(2)16(8-7-14(10)17)13-9-18-15-6-4-3-5-12(13)15/h3-6,10-11,13H,7-9H2,1-2H3. The van der Waals surface area contributed by atoms with Crippen LogP contribution in [0.5, 0.6) is 5.75 Å². The first-order valence-electron chi connectivity index (χ1n) is 6.68. The molecule has 1 fully saturated rings. The summed E-state index contributed by atoms with van der Waals surface area (Å²) in [5.74, 6) is 1.52. The summed E-state index contributed by atoms with van der Waals surface area (Å²) < 4.78 is 5.75. The zero-order valence-corrected chi connectivity index (χ0v) is 10.9. The molecular weight excluding hydrogens is 226 g/mol. The third-order valence-electron chi connectivity index (χ3n) is 4.45. The smallest absolute Gasteiger partial charge is 0.138 e. The summed E-state index contributed by atoms with van der Waals surface area (Å²) in [7, 11) is 0. The first-order chi connectivity index (χ1) is 8.68. The molecule has 18 heavy (non-hydrogen) atoms. The molecule has 0 saturated carbocycles. The maximum Gasteiger partial charge on any atom is 0.138 e. The number of rotatable bonds is 1. The van der Waals surface area contributed by atoms with E-state index in [1.807, 2.05) is 19.1 Å². The van der Waals surface area contributed by atoms with E-state index in [-0.39, 0.29) is 5.92 Å². The zero-order chi connectivity index (χ0) is 12.7. The zero-order valence-electron chi connectivity index (χ0n) is 10.9.